The largest absolute Gasteiger partial charge is 0.481 e. The first kappa shape index (κ1) is 12.6. The average Bonchev–Trinajstić information content (AvgIpc) is 2.31. The number of carbonyl (C=O) groups is 2. The maximum absolute atomic E-state index is 11.7. The summed E-state index contributed by atoms with van der Waals surface area (Å²) in [6.45, 7) is 0.291. The first-order valence-corrected chi connectivity index (χ1v) is 6.07. The molecule has 96 valence electrons. The molecular weight excluding hydrogens is 232 g/mol. The molecule has 1 fully saturated rings. The van der Waals surface area contributed by atoms with Crippen molar-refractivity contribution in [1.29, 1.82) is 0 Å². The predicted octanol–water partition coefficient (Wildman–Crippen LogP) is 2.23. The topological polar surface area (TPSA) is 63.6 Å². The van der Waals surface area contributed by atoms with E-state index < -0.39 is 5.97 Å². The second-order valence-corrected chi connectivity index (χ2v) is 4.73. The molecule has 0 heterocycles. The number of hydrogen-bond donors (Lipinski definition) is 1. The van der Waals surface area contributed by atoms with Crippen LogP contribution in [0.15, 0.2) is 30.3 Å². The van der Waals surface area contributed by atoms with E-state index in [0.29, 0.717) is 19.4 Å². The predicted molar refractivity (Wildman–Crippen MR) is 64.7 cm³/mol. The third-order valence-corrected chi connectivity index (χ3v) is 3.26. The van der Waals surface area contributed by atoms with Crippen LogP contribution in [0.4, 0.5) is 0 Å². The van der Waals surface area contributed by atoms with Crippen molar-refractivity contribution in [2.45, 2.75) is 25.9 Å². The van der Waals surface area contributed by atoms with Crippen LogP contribution in [-0.2, 0) is 20.9 Å². The third kappa shape index (κ3) is 3.32. The van der Waals surface area contributed by atoms with E-state index in [1.165, 1.54) is 0 Å². The highest BCUT2D eigenvalue weighted by atomic mass is 16.5. The molecule has 1 aliphatic rings. The number of hydrogen-bond acceptors (Lipinski definition) is 3. The molecule has 0 bridgehead atoms. The Hall–Kier alpha value is -1.84. The summed E-state index contributed by atoms with van der Waals surface area (Å²) in [5, 5.41) is 8.61. The molecule has 1 N–H and O–H groups in total. The third-order valence-electron chi connectivity index (χ3n) is 3.26. The summed E-state index contributed by atoms with van der Waals surface area (Å²) < 4.78 is 5.20. The number of esters is 1. The van der Waals surface area contributed by atoms with Crippen LogP contribution in [0.3, 0.4) is 0 Å². The van der Waals surface area contributed by atoms with E-state index in [9.17, 15) is 9.59 Å². The van der Waals surface area contributed by atoms with Crippen LogP contribution < -0.4 is 0 Å². The molecule has 18 heavy (non-hydrogen) atoms. The molecule has 2 rings (SSSR count). The summed E-state index contributed by atoms with van der Waals surface area (Å²) >= 11 is 0. The number of carboxylic acid groups (broad SMARTS) is 1. The highest BCUT2D eigenvalue weighted by Gasteiger charge is 2.36. The monoisotopic (exact) mass is 248 g/mol. The lowest BCUT2D eigenvalue weighted by Gasteiger charge is -2.32. The minimum absolute atomic E-state index is 0.113. The van der Waals surface area contributed by atoms with Gasteiger partial charge in [-0.05, 0) is 24.3 Å². The Morgan fingerprint density at radius 3 is 2.50 bits per heavy atom. The second kappa shape index (κ2) is 5.67. The average molecular weight is 248 g/mol. The lowest BCUT2D eigenvalue weighted by atomic mass is 9.73. The Labute approximate surface area is 106 Å². The van der Waals surface area contributed by atoms with E-state index in [2.05, 4.69) is 0 Å². The highest BCUT2D eigenvalue weighted by Crippen LogP contribution is 2.36. The van der Waals surface area contributed by atoms with Gasteiger partial charge in [-0.25, -0.2) is 0 Å². The zero-order valence-corrected chi connectivity index (χ0v) is 10.0. The molecule has 4 nitrogen and oxygen atoms in total. The molecule has 1 aliphatic carbocycles. The Kier molecular flexibility index (Phi) is 3.97. The van der Waals surface area contributed by atoms with Gasteiger partial charge in [0.15, 0.2) is 0 Å². The number of rotatable bonds is 5. The zero-order valence-electron chi connectivity index (χ0n) is 10.0. The van der Waals surface area contributed by atoms with Crippen molar-refractivity contribution >= 4 is 11.9 Å². The first-order chi connectivity index (χ1) is 8.65. The molecular formula is C14H16O4. The van der Waals surface area contributed by atoms with Gasteiger partial charge in [0.25, 0.3) is 0 Å². The summed E-state index contributed by atoms with van der Waals surface area (Å²) in [5.74, 6) is -0.980. The van der Waals surface area contributed by atoms with Gasteiger partial charge in [-0.3, -0.25) is 9.59 Å². The minimum Gasteiger partial charge on any atom is -0.481 e. The van der Waals surface area contributed by atoms with Crippen molar-refractivity contribution < 1.29 is 19.4 Å². The summed E-state index contributed by atoms with van der Waals surface area (Å²) in [6.07, 6.45) is 1.43. The summed E-state index contributed by atoms with van der Waals surface area (Å²) in [5.41, 5.74) is 0.965. The van der Waals surface area contributed by atoms with Crippen molar-refractivity contribution in [3.05, 3.63) is 35.9 Å². The van der Waals surface area contributed by atoms with Crippen LogP contribution in [0.5, 0.6) is 0 Å². The fourth-order valence-corrected chi connectivity index (χ4v) is 2.19. The zero-order chi connectivity index (χ0) is 13.0. The Bertz CT molecular complexity index is 421. The van der Waals surface area contributed by atoms with Gasteiger partial charge in [0.05, 0.1) is 5.92 Å². The van der Waals surface area contributed by atoms with Gasteiger partial charge in [-0.15, -0.1) is 0 Å². The Morgan fingerprint density at radius 1 is 1.22 bits per heavy atom. The van der Waals surface area contributed by atoms with Crippen LogP contribution in [0, 0.1) is 11.8 Å². The van der Waals surface area contributed by atoms with Gasteiger partial charge in [0.1, 0.15) is 6.61 Å². The number of ether oxygens (including phenoxy) is 1. The summed E-state index contributed by atoms with van der Waals surface area (Å²) in [7, 11) is 0. The SMILES string of the molecule is O=C(O)CC1CC(C(=O)OCc2ccccc2)C1. The first-order valence-electron chi connectivity index (χ1n) is 6.07. The van der Waals surface area contributed by atoms with Gasteiger partial charge >= 0.3 is 11.9 Å². The molecule has 0 aromatic heterocycles. The van der Waals surface area contributed by atoms with Crippen LogP contribution in [0.1, 0.15) is 24.8 Å². The van der Waals surface area contributed by atoms with Gasteiger partial charge in [0, 0.05) is 6.42 Å². The lowest BCUT2D eigenvalue weighted by Crippen LogP contribution is -2.33. The number of carboxylic acids is 1. The summed E-state index contributed by atoms with van der Waals surface area (Å²) in [4.78, 5) is 22.1. The van der Waals surface area contributed by atoms with Crippen molar-refractivity contribution in [2.75, 3.05) is 0 Å². The fraction of sp³-hybridized carbons (Fsp3) is 0.429. The molecule has 1 aromatic rings. The summed E-state index contributed by atoms with van der Waals surface area (Å²) in [6, 6.07) is 9.52. The molecule has 0 amide bonds. The fourth-order valence-electron chi connectivity index (χ4n) is 2.19. The molecule has 0 radical (unpaired) electrons. The molecule has 4 heteroatoms. The Morgan fingerprint density at radius 2 is 1.89 bits per heavy atom. The lowest BCUT2D eigenvalue weighted by molar-refractivity contribution is -0.156. The molecule has 1 saturated carbocycles. The van der Waals surface area contributed by atoms with Crippen LogP contribution >= 0.6 is 0 Å². The van der Waals surface area contributed by atoms with E-state index >= 15 is 0 Å². The molecule has 1 aromatic carbocycles. The normalized spacial score (nSPS) is 22.0. The molecule has 0 aliphatic heterocycles. The maximum atomic E-state index is 11.7. The van der Waals surface area contributed by atoms with Gasteiger partial charge in [0.2, 0.25) is 0 Å². The molecule has 0 atom stereocenters. The maximum Gasteiger partial charge on any atom is 0.309 e. The van der Waals surface area contributed by atoms with Crippen molar-refractivity contribution in [1.82, 2.24) is 0 Å². The van der Waals surface area contributed by atoms with E-state index in [0.717, 1.165) is 5.56 Å². The van der Waals surface area contributed by atoms with Crippen LogP contribution in [0.25, 0.3) is 0 Å². The smallest absolute Gasteiger partial charge is 0.309 e. The number of carbonyl (C=O) groups excluding carboxylic acids is 1. The van der Waals surface area contributed by atoms with Crippen LogP contribution in [0.2, 0.25) is 0 Å². The van der Waals surface area contributed by atoms with E-state index in [4.69, 9.17) is 9.84 Å². The number of benzene rings is 1. The van der Waals surface area contributed by atoms with E-state index in [1.807, 2.05) is 30.3 Å². The van der Waals surface area contributed by atoms with E-state index in [1.54, 1.807) is 0 Å². The van der Waals surface area contributed by atoms with Crippen molar-refractivity contribution in [3.8, 4) is 0 Å². The minimum atomic E-state index is -0.795. The van der Waals surface area contributed by atoms with E-state index in [-0.39, 0.29) is 24.2 Å². The van der Waals surface area contributed by atoms with Crippen molar-refractivity contribution in [2.24, 2.45) is 11.8 Å². The van der Waals surface area contributed by atoms with Gasteiger partial charge in [-0.1, -0.05) is 30.3 Å². The van der Waals surface area contributed by atoms with Crippen molar-refractivity contribution in [3.63, 3.8) is 0 Å². The molecule has 0 spiro atoms. The van der Waals surface area contributed by atoms with Crippen LogP contribution in [-0.4, -0.2) is 17.0 Å². The second-order valence-electron chi connectivity index (χ2n) is 4.73. The number of aliphatic carboxylic acids is 1. The standard InChI is InChI=1S/C14H16O4/c15-13(16)8-11-6-12(7-11)14(17)18-9-10-4-2-1-3-5-10/h1-5,11-12H,6-9H2,(H,15,16). The highest BCUT2D eigenvalue weighted by molar-refractivity contribution is 5.74. The molecule has 0 unspecified atom stereocenters. The van der Waals surface area contributed by atoms with Gasteiger partial charge in [-0.2, -0.15) is 0 Å². The van der Waals surface area contributed by atoms with Gasteiger partial charge < -0.3 is 9.84 Å². The quantitative estimate of drug-likeness (QED) is 0.811. The molecule has 0 saturated heterocycles. The Balaban J connectivity index is 1.70.